The SMILES string of the molecule is CC1C(=O)CCC1Cc1cc(Cl)cc2c1OCC2. The van der Waals surface area contributed by atoms with Gasteiger partial charge in [0.15, 0.2) is 0 Å². The van der Waals surface area contributed by atoms with Gasteiger partial charge in [0.2, 0.25) is 0 Å². The molecule has 0 saturated heterocycles. The zero-order valence-corrected chi connectivity index (χ0v) is 11.3. The van der Waals surface area contributed by atoms with Crippen LogP contribution in [-0.2, 0) is 17.6 Å². The van der Waals surface area contributed by atoms with Crippen LogP contribution in [0.4, 0.5) is 0 Å². The molecular weight excluding hydrogens is 248 g/mol. The summed E-state index contributed by atoms with van der Waals surface area (Å²) in [6, 6.07) is 4.00. The molecule has 0 bridgehead atoms. The Labute approximate surface area is 112 Å². The van der Waals surface area contributed by atoms with Crippen molar-refractivity contribution in [3.63, 3.8) is 0 Å². The lowest BCUT2D eigenvalue weighted by Crippen LogP contribution is -2.13. The number of hydrogen-bond acceptors (Lipinski definition) is 2. The first-order valence-electron chi connectivity index (χ1n) is 6.62. The summed E-state index contributed by atoms with van der Waals surface area (Å²) in [5, 5.41) is 0.784. The van der Waals surface area contributed by atoms with Crippen LogP contribution in [0.15, 0.2) is 12.1 Å². The summed E-state index contributed by atoms with van der Waals surface area (Å²) in [7, 11) is 0. The lowest BCUT2D eigenvalue weighted by Gasteiger charge is -2.16. The Kier molecular flexibility index (Phi) is 3.06. The summed E-state index contributed by atoms with van der Waals surface area (Å²) in [5.74, 6) is 2.05. The molecule has 1 aliphatic heterocycles. The van der Waals surface area contributed by atoms with Gasteiger partial charge in [0.1, 0.15) is 11.5 Å². The van der Waals surface area contributed by atoms with Crippen LogP contribution >= 0.6 is 11.6 Å². The Balaban J connectivity index is 1.87. The number of Topliss-reactive ketones (excluding diaryl/α,β-unsaturated/α-hetero) is 1. The molecule has 96 valence electrons. The van der Waals surface area contributed by atoms with E-state index in [1.807, 2.05) is 19.1 Å². The first-order chi connectivity index (χ1) is 8.65. The predicted octanol–water partition coefficient (Wildman–Crippen LogP) is 3.43. The van der Waals surface area contributed by atoms with Crippen LogP contribution in [0.5, 0.6) is 5.75 Å². The van der Waals surface area contributed by atoms with Crippen molar-refractivity contribution >= 4 is 17.4 Å². The van der Waals surface area contributed by atoms with E-state index >= 15 is 0 Å². The van der Waals surface area contributed by atoms with E-state index in [-0.39, 0.29) is 5.92 Å². The molecule has 0 spiro atoms. The fourth-order valence-corrected chi connectivity index (χ4v) is 3.39. The third-order valence-electron chi connectivity index (χ3n) is 4.28. The molecule has 2 nitrogen and oxygen atoms in total. The lowest BCUT2D eigenvalue weighted by atomic mass is 9.89. The second-order valence-electron chi connectivity index (χ2n) is 5.41. The van der Waals surface area contributed by atoms with Crippen LogP contribution < -0.4 is 4.74 Å². The second-order valence-corrected chi connectivity index (χ2v) is 5.85. The van der Waals surface area contributed by atoms with Crippen molar-refractivity contribution in [1.29, 1.82) is 0 Å². The number of carbonyl (C=O) groups is 1. The molecule has 3 rings (SSSR count). The third kappa shape index (κ3) is 2.03. The van der Waals surface area contributed by atoms with Gasteiger partial charge in [0.25, 0.3) is 0 Å². The molecule has 3 heteroatoms. The number of carbonyl (C=O) groups excluding carboxylic acids is 1. The molecule has 18 heavy (non-hydrogen) atoms. The van der Waals surface area contributed by atoms with E-state index in [4.69, 9.17) is 16.3 Å². The van der Waals surface area contributed by atoms with Crippen molar-refractivity contribution in [1.82, 2.24) is 0 Å². The Morgan fingerprint density at radius 1 is 1.39 bits per heavy atom. The van der Waals surface area contributed by atoms with Crippen molar-refractivity contribution in [3.05, 3.63) is 28.3 Å². The standard InChI is InChI=1S/C15H17ClO2/c1-9-10(2-3-14(9)17)6-12-8-13(16)7-11-4-5-18-15(11)12/h7-10H,2-6H2,1H3. The Bertz CT molecular complexity index is 496. The topological polar surface area (TPSA) is 26.3 Å². The minimum absolute atomic E-state index is 0.182. The fourth-order valence-electron chi connectivity index (χ4n) is 3.13. The molecule has 1 fully saturated rings. The number of benzene rings is 1. The van der Waals surface area contributed by atoms with E-state index in [9.17, 15) is 4.79 Å². The van der Waals surface area contributed by atoms with Gasteiger partial charge in [0, 0.05) is 23.8 Å². The summed E-state index contributed by atoms with van der Waals surface area (Å²) in [6.07, 6.45) is 3.59. The number of fused-ring (bicyclic) bond motifs is 1. The van der Waals surface area contributed by atoms with Crippen LogP contribution in [0.25, 0.3) is 0 Å². The van der Waals surface area contributed by atoms with Crippen molar-refractivity contribution in [2.75, 3.05) is 6.61 Å². The normalized spacial score (nSPS) is 26.2. The van der Waals surface area contributed by atoms with Gasteiger partial charge < -0.3 is 4.74 Å². The van der Waals surface area contributed by atoms with Gasteiger partial charge in [-0.2, -0.15) is 0 Å². The van der Waals surface area contributed by atoms with E-state index in [1.165, 1.54) is 11.1 Å². The van der Waals surface area contributed by atoms with E-state index in [1.54, 1.807) is 0 Å². The Hall–Kier alpha value is -1.02. The van der Waals surface area contributed by atoms with Crippen LogP contribution in [0.2, 0.25) is 5.02 Å². The molecule has 1 saturated carbocycles. The molecule has 2 aliphatic rings. The number of hydrogen-bond donors (Lipinski definition) is 0. The van der Waals surface area contributed by atoms with Crippen molar-refractivity contribution in [2.24, 2.45) is 11.8 Å². The predicted molar refractivity (Wildman–Crippen MR) is 71.3 cm³/mol. The molecule has 0 aromatic heterocycles. The van der Waals surface area contributed by atoms with E-state index in [0.717, 1.165) is 43.1 Å². The van der Waals surface area contributed by atoms with Crippen LogP contribution in [0, 0.1) is 11.8 Å². The highest BCUT2D eigenvalue weighted by atomic mass is 35.5. The Morgan fingerprint density at radius 3 is 2.94 bits per heavy atom. The lowest BCUT2D eigenvalue weighted by molar-refractivity contribution is -0.120. The van der Waals surface area contributed by atoms with Gasteiger partial charge in [-0.1, -0.05) is 18.5 Å². The summed E-state index contributed by atoms with van der Waals surface area (Å²) in [4.78, 5) is 11.6. The highest BCUT2D eigenvalue weighted by Gasteiger charge is 2.32. The highest BCUT2D eigenvalue weighted by Crippen LogP contribution is 2.38. The van der Waals surface area contributed by atoms with Gasteiger partial charge >= 0.3 is 0 Å². The number of rotatable bonds is 2. The quantitative estimate of drug-likeness (QED) is 0.818. The average molecular weight is 265 g/mol. The maximum atomic E-state index is 11.6. The smallest absolute Gasteiger partial charge is 0.135 e. The maximum Gasteiger partial charge on any atom is 0.135 e. The molecule has 1 aromatic rings. The van der Waals surface area contributed by atoms with Crippen LogP contribution in [0.3, 0.4) is 0 Å². The zero-order chi connectivity index (χ0) is 12.7. The summed E-state index contributed by atoms with van der Waals surface area (Å²) in [5.41, 5.74) is 2.40. The van der Waals surface area contributed by atoms with Crippen molar-refractivity contribution < 1.29 is 9.53 Å². The Morgan fingerprint density at radius 2 is 2.22 bits per heavy atom. The van der Waals surface area contributed by atoms with Gasteiger partial charge in [-0.15, -0.1) is 0 Å². The van der Waals surface area contributed by atoms with Gasteiger partial charge in [-0.25, -0.2) is 0 Å². The number of ether oxygens (including phenoxy) is 1. The molecule has 0 radical (unpaired) electrons. The van der Waals surface area contributed by atoms with Gasteiger partial charge in [0.05, 0.1) is 6.61 Å². The average Bonchev–Trinajstić information content (AvgIpc) is 2.90. The summed E-state index contributed by atoms with van der Waals surface area (Å²) >= 11 is 6.16. The zero-order valence-electron chi connectivity index (χ0n) is 10.5. The largest absolute Gasteiger partial charge is 0.493 e. The first-order valence-corrected chi connectivity index (χ1v) is 7.00. The molecule has 1 heterocycles. The molecule has 0 amide bonds. The minimum atomic E-state index is 0.182. The monoisotopic (exact) mass is 264 g/mol. The molecule has 0 N–H and O–H groups in total. The summed E-state index contributed by atoms with van der Waals surface area (Å²) in [6.45, 7) is 2.80. The highest BCUT2D eigenvalue weighted by molar-refractivity contribution is 6.30. The molecule has 1 aliphatic carbocycles. The van der Waals surface area contributed by atoms with E-state index < -0.39 is 0 Å². The van der Waals surface area contributed by atoms with Gasteiger partial charge in [-0.05, 0) is 42.0 Å². The van der Waals surface area contributed by atoms with Crippen molar-refractivity contribution in [3.8, 4) is 5.75 Å². The first kappa shape index (κ1) is 12.0. The van der Waals surface area contributed by atoms with E-state index in [0.29, 0.717) is 11.7 Å². The van der Waals surface area contributed by atoms with Crippen LogP contribution in [0.1, 0.15) is 30.9 Å². The van der Waals surface area contributed by atoms with Crippen LogP contribution in [-0.4, -0.2) is 12.4 Å². The van der Waals surface area contributed by atoms with Crippen molar-refractivity contribution in [2.45, 2.75) is 32.6 Å². The van der Waals surface area contributed by atoms with Gasteiger partial charge in [-0.3, -0.25) is 4.79 Å². The maximum absolute atomic E-state index is 11.6. The second kappa shape index (κ2) is 4.58. The summed E-state index contributed by atoms with van der Waals surface area (Å²) < 4.78 is 5.71. The molecule has 2 unspecified atom stereocenters. The number of halogens is 1. The molecule has 2 atom stereocenters. The van der Waals surface area contributed by atoms with E-state index in [2.05, 4.69) is 0 Å². The molecular formula is C15H17ClO2. The minimum Gasteiger partial charge on any atom is -0.493 e. The molecule has 1 aromatic carbocycles. The number of ketones is 1. The fraction of sp³-hybridized carbons (Fsp3) is 0.533. The third-order valence-corrected chi connectivity index (χ3v) is 4.50.